The number of ether oxygens (including phenoxy) is 1. The normalized spacial score (nSPS) is 23.7. The Morgan fingerprint density at radius 2 is 1.68 bits per heavy atom. The molecule has 3 aliphatic heterocycles. The summed E-state index contributed by atoms with van der Waals surface area (Å²) in [6.45, 7) is 5.95. The second-order valence-corrected chi connectivity index (χ2v) is 10.5. The molecule has 0 aromatic heterocycles. The van der Waals surface area contributed by atoms with Gasteiger partial charge in [0.25, 0.3) is 5.69 Å². The second-order valence-electron chi connectivity index (χ2n) is 8.85. The SMILES string of the molecule is COC(=O)[C@H](C[N+]12CCN(CC1)CC2)[C@H]([N-]S(=O)(=O)c1ccc([N+](=O)[O-])cc1)c1ccccc1. The van der Waals surface area contributed by atoms with Gasteiger partial charge >= 0.3 is 5.97 Å². The van der Waals surface area contributed by atoms with Gasteiger partial charge in [-0.2, -0.15) is 0 Å². The summed E-state index contributed by atoms with van der Waals surface area (Å²) in [5, 5.41) is 10.9. The molecule has 11 heteroatoms. The molecule has 182 valence electrons. The van der Waals surface area contributed by atoms with Gasteiger partial charge in [-0.15, -0.1) is 0 Å². The lowest BCUT2D eigenvalue weighted by Crippen LogP contribution is -2.68. The van der Waals surface area contributed by atoms with E-state index in [1.807, 2.05) is 6.07 Å². The van der Waals surface area contributed by atoms with E-state index in [2.05, 4.69) is 9.62 Å². The predicted octanol–water partition coefficient (Wildman–Crippen LogP) is 2.33. The van der Waals surface area contributed by atoms with E-state index in [-0.39, 0.29) is 10.6 Å². The lowest BCUT2D eigenvalue weighted by Gasteiger charge is -2.52. The molecule has 3 heterocycles. The summed E-state index contributed by atoms with van der Waals surface area (Å²) in [4.78, 5) is 25.6. The number of sulfonamides is 1. The summed E-state index contributed by atoms with van der Waals surface area (Å²) < 4.78 is 36.6. The molecule has 0 saturated carbocycles. The number of nitro benzene ring substituents is 1. The van der Waals surface area contributed by atoms with Crippen molar-refractivity contribution in [2.24, 2.45) is 5.92 Å². The molecular formula is C23H28N4O6S. The summed E-state index contributed by atoms with van der Waals surface area (Å²) in [6.07, 6.45) is 0. The number of nitro groups is 1. The quantitative estimate of drug-likeness (QED) is 0.230. The number of methoxy groups -OCH3 is 1. The van der Waals surface area contributed by atoms with Gasteiger partial charge in [0.1, 0.15) is 10.0 Å². The van der Waals surface area contributed by atoms with Crippen molar-refractivity contribution in [1.82, 2.24) is 4.90 Å². The fourth-order valence-electron chi connectivity index (χ4n) is 4.84. The Morgan fingerprint density at radius 3 is 2.21 bits per heavy atom. The van der Waals surface area contributed by atoms with Crippen molar-refractivity contribution in [1.29, 1.82) is 0 Å². The Kier molecular flexibility index (Phi) is 6.99. The van der Waals surface area contributed by atoms with Gasteiger partial charge in [-0.3, -0.25) is 19.8 Å². The van der Waals surface area contributed by atoms with E-state index in [4.69, 9.17) is 4.74 Å². The van der Waals surface area contributed by atoms with E-state index in [0.717, 1.165) is 68.0 Å². The van der Waals surface area contributed by atoms with Crippen molar-refractivity contribution in [2.45, 2.75) is 10.9 Å². The van der Waals surface area contributed by atoms with Crippen LogP contribution in [-0.2, 0) is 19.6 Å². The first kappa shape index (κ1) is 24.3. The minimum atomic E-state index is -4.21. The highest BCUT2D eigenvalue weighted by Gasteiger charge is 2.43. The third kappa shape index (κ3) is 5.12. The predicted molar refractivity (Wildman–Crippen MR) is 124 cm³/mol. The molecule has 2 atom stereocenters. The molecule has 0 unspecified atom stereocenters. The van der Waals surface area contributed by atoms with Crippen LogP contribution in [0.1, 0.15) is 11.6 Å². The summed E-state index contributed by atoms with van der Waals surface area (Å²) >= 11 is 0. The number of piperazine rings is 3. The van der Waals surface area contributed by atoms with Crippen LogP contribution in [0, 0.1) is 16.0 Å². The van der Waals surface area contributed by atoms with Crippen LogP contribution >= 0.6 is 0 Å². The van der Waals surface area contributed by atoms with Gasteiger partial charge in [0.2, 0.25) is 0 Å². The molecule has 3 aliphatic rings. The van der Waals surface area contributed by atoms with E-state index >= 15 is 0 Å². The highest BCUT2D eigenvalue weighted by Crippen LogP contribution is 2.38. The summed E-state index contributed by atoms with van der Waals surface area (Å²) in [7, 11) is -2.91. The van der Waals surface area contributed by atoms with E-state index in [9.17, 15) is 23.3 Å². The number of hydrogen-bond donors (Lipinski definition) is 0. The van der Waals surface area contributed by atoms with Gasteiger partial charge in [0, 0.05) is 36.7 Å². The van der Waals surface area contributed by atoms with Crippen LogP contribution in [0.4, 0.5) is 5.69 Å². The van der Waals surface area contributed by atoms with Crippen LogP contribution in [-0.4, -0.2) is 81.6 Å². The topological polar surface area (TPSA) is 121 Å². The number of carbonyl (C=O) groups is 1. The van der Waals surface area contributed by atoms with Gasteiger partial charge in [0.15, 0.2) is 0 Å². The highest BCUT2D eigenvalue weighted by atomic mass is 32.2. The number of benzene rings is 2. The van der Waals surface area contributed by atoms with Crippen LogP contribution in [0.5, 0.6) is 0 Å². The number of esters is 1. The maximum Gasteiger partial charge on any atom is 0.313 e. The van der Waals surface area contributed by atoms with Crippen molar-refractivity contribution in [3.05, 3.63) is 75.0 Å². The molecule has 2 bridgehead atoms. The van der Waals surface area contributed by atoms with Crippen molar-refractivity contribution >= 4 is 21.7 Å². The molecule has 34 heavy (non-hydrogen) atoms. The molecule has 3 fully saturated rings. The molecule has 2 aromatic carbocycles. The van der Waals surface area contributed by atoms with Crippen LogP contribution < -0.4 is 0 Å². The van der Waals surface area contributed by atoms with Crippen molar-refractivity contribution < 1.29 is 27.4 Å². The number of carbonyl (C=O) groups excluding carboxylic acids is 1. The first-order valence-electron chi connectivity index (χ1n) is 11.1. The molecule has 0 aliphatic carbocycles. The summed E-state index contributed by atoms with van der Waals surface area (Å²) in [6, 6.07) is 12.5. The van der Waals surface area contributed by atoms with E-state index in [1.54, 1.807) is 24.3 Å². The monoisotopic (exact) mass is 488 g/mol. The number of quaternary nitrogens is 1. The minimum absolute atomic E-state index is 0.165. The van der Waals surface area contributed by atoms with E-state index < -0.39 is 32.9 Å². The second kappa shape index (κ2) is 9.79. The Bertz CT molecular complexity index is 1120. The van der Waals surface area contributed by atoms with Gasteiger partial charge in [-0.1, -0.05) is 41.9 Å². The number of fused-ring (bicyclic) bond motifs is 3. The zero-order valence-corrected chi connectivity index (χ0v) is 19.8. The third-order valence-electron chi connectivity index (χ3n) is 6.88. The van der Waals surface area contributed by atoms with E-state index in [0.29, 0.717) is 12.1 Å². The third-order valence-corrected chi connectivity index (χ3v) is 8.25. The average molecular weight is 489 g/mol. The number of non-ortho nitro benzene ring substituents is 1. The van der Waals surface area contributed by atoms with Crippen molar-refractivity contribution in [2.75, 3.05) is 52.9 Å². The fourth-order valence-corrected chi connectivity index (χ4v) is 6.01. The molecule has 10 nitrogen and oxygen atoms in total. The van der Waals surface area contributed by atoms with Crippen LogP contribution in [0.25, 0.3) is 4.72 Å². The van der Waals surface area contributed by atoms with Crippen LogP contribution in [0.15, 0.2) is 59.5 Å². The fraction of sp³-hybridized carbons (Fsp3) is 0.435. The van der Waals surface area contributed by atoms with Crippen LogP contribution in [0.2, 0.25) is 0 Å². The zero-order chi connectivity index (χ0) is 24.3. The number of nitrogens with zero attached hydrogens (tertiary/aromatic N) is 4. The largest absolute Gasteiger partial charge is 0.537 e. The summed E-state index contributed by atoms with van der Waals surface area (Å²) in [5.74, 6) is -1.30. The molecule has 0 amide bonds. The van der Waals surface area contributed by atoms with Crippen molar-refractivity contribution in [3.63, 3.8) is 0 Å². The Labute approximate surface area is 198 Å². The Morgan fingerprint density at radius 1 is 1.09 bits per heavy atom. The van der Waals surface area contributed by atoms with Gasteiger partial charge in [0.05, 0.1) is 44.1 Å². The average Bonchev–Trinajstić information content (AvgIpc) is 2.87. The molecular weight excluding hydrogens is 460 g/mol. The molecule has 0 N–H and O–H groups in total. The molecule has 2 aromatic rings. The lowest BCUT2D eigenvalue weighted by atomic mass is 9.91. The van der Waals surface area contributed by atoms with Gasteiger partial charge in [-0.05, 0) is 12.1 Å². The maximum absolute atomic E-state index is 13.3. The van der Waals surface area contributed by atoms with Gasteiger partial charge < -0.3 is 13.9 Å². The number of rotatable bonds is 9. The molecule has 5 rings (SSSR count). The van der Waals surface area contributed by atoms with Crippen molar-refractivity contribution in [3.8, 4) is 0 Å². The van der Waals surface area contributed by atoms with Crippen LogP contribution in [0.3, 0.4) is 0 Å². The molecule has 0 radical (unpaired) electrons. The molecule has 0 spiro atoms. The van der Waals surface area contributed by atoms with E-state index in [1.165, 1.54) is 7.11 Å². The summed E-state index contributed by atoms with van der Waals surface area (Å²) in [5.41, 5.74) is 0.378. The number of hydrogen-bond acceptors (Lipinski definition) is 7. The minimum Gasteiger partial charge on any atom is -0.537 e. The lowest BCUT2D eigenvalue weighted by molar-refractivity contribution is -0.943. The maximum atomic E-state index is 13.3. The Hall–Kier alpha value is -2.86. The standard InChI is InChI=1S/C23H28N4O6S/c1-33-23(28)21(17-27-14-11-25(12-15-27)13-16-27)22(18-5-3-2-4-6-18)24-34(31,32)20-9-7-19(8-10-20)26(29)30/h2-10,21-22H,11-17H2,1H3/t21-,22-/m1/s1. The Balaban J connectivity index is 1.68. The van der Waals surface area contributed by atoms with Gasteiger partial charge in [-0.25, -0.2) is 8.42 Å². The molecule has 3 saturated heterocycles. The smallest absolute Gasteiger partial charge is 0.313 e. The zero-order valence-electron chi connectivity index (χ0n) is 18.9. The highest BCUT2D eigenvalue weighted by molar-refractivity contribution is 7.94. The first-order chi connectivity index (χ1) is 16.2. The first-order valence-corrected chi connectivity index (χ1v) is 12.6.